The topological polar surface area (TPSA) is 29.9 Å². The number of nitrogens with one attached hydrogen (secondary N) is 1. The molecule has 0 saturated carbocycles. The number of hydrogen-bond acceptors (Lipinski definition) is 2. The van der Waals surface area contributed by atoms with Gasteiger partial charge in [-0.15, -0.1) is 0 Å². The maximum Gasteiger partial charge on any atom is 0.0868 e. The van der Waals surface area contributed by atoms with Crippen LogP contribution in [0.15, 0.2) is 18.2 Å². The molecule has 0 amide bonds. The molecule has 1 aromatic heterocycles. The molecule has 0 atom stereocenters. The minimum Gasteiger partial charge on any atom is -0.379 e. The maximum atomic E-state index is 6.33. The molecule has 0 radical (unpaired) electrons. The average Bonchev–Trinajstić information content (AvgIpc) is 2.66. The largest absolute Gasteiger partial charge is 0.379 e. The normalized spacial score (nSPS) is 10.8. The summed E-state index contributed by atoms with van der Waals surface area (Å²) in [6.07, 6.45) is 0.857. The lowest BCUT2D eigenvalue weighted by Gasteiger charge is -2.09. The SMILES string of the molecule is CCc1nn(C)c(CNc2ccc(C)c(C)c2)c1Cl. The van der Waals surface area contributed by atoms with Gasteiger partial charge in [-0.05, 0) is 43.5 Å². The molecule has 0 fully saturated rings. The van der Waals surface area contributed by atoms with E-state index in [-0.39, 0.29) is 0 Å². The molecule has 0 unspecified atom stereocenters. The quantitative estimate of drug-likeness (QED) is 0.919. The summed E-state index contributed by atoms with van der Waals surface area (Å²) >= 11 is 6.33. The number of aryl methyl sites for hydroxylation is 4. The Bertz CT molecular complexity index is 587. The van der Waals surface area contributed by atoms with Crippen molar-refractivity contribution in [2.45, 2.75) is 33.7 Å². The molecule has 3 nitrogen and oxygen atoms in total. The minimum atomic E-state index is 0.685. The van der Waals surface area contributed by atoms with Crippen LogP contribution >= 0.6 is 11.6 Å². The molecule has 0 bridgehead atoms. The first-order valence-electron chi connectivity index (χ1n) is 6.54. The van der Waals surface area contributed by atoms with E-state index >= 15 is 0 Å². The summed E-state index contributed by atoms with van der Waals surface area (Å²) in [5.41, 5.74) is 5.68. The van der Waals surface area contributed by atoms with Crippen molar-refractivity contribution in [2.24, 2.45) is 7.05 Å². The maximum absolute atomic E-state index is 6.33. The molecule has 2 rings (SSSR count). The summed E-state index contributed by atoms with van der Waals surface area (Å²) in [6.45, 7) is 6.98. The number of rotatable bonds is 4. The van der Waals surface area contributed by atoms with Gasteiger partial charge in [-0.3, -0.25) is 4.68 Å². The minimum absolute atomic E-state index is 0.685. The Labute approximate surface area is 119 Å². The molecule has 1 heterocycles. The van der Waals surface area contributed by atoms with Gasteiger partial charge >= 0.3 is 0 Å². The van der Waals surface area contributed by atoms with E-state index in [4.69, 9.17) is 11.6 Å². The van der Waals surface area contributed by atoms with E-state index in [0.717, 1.165) is 28.5 Å². The molecule has 1 aromatic carbocycles. The van der Waals surface area contributed by atoms with Gasteiger partial charge in [-0.1, -0.05) is 24.6 Å². The number of hydrogen-bond donors (Lipinski definition) is 1. The Morgan fingerprint density at radius 2 is 2.00 bits per heavy atom. The second-order valence-corrected chi connectivity index (χ2v) is 5.22. The van der Waals surface area contributed by atoms with E-state index in [9.17, 15) is 0 Å². The smallest absolute Gasteiger partial charge is 0.0868 e. The van der Waals surface area contributed by atoms with Crippen LogP contribution in [-0.2, 0) is 20.0 Å². The van der Waals surface area contributed by atoms with Crippen molar-refractivity contribution in [3.63, 3.8) is 0 Å². The fraction of sp³-hybridized carbons (Fsp3) is 0.400. The standard InChI is InChI=1S/C15H20ClN3/c1-5-13-15(16)14(19(4)18-13)9-17-12-7-6-10(2)11(3)8-12/h6-8,17H,5,9H2,1-4H3. The van der Waals surface area contributed by atoms with Crippen LogP contribution in [-0.4, -0.2) is 9.78 Å². The van der Waals surface area contributed by atoms with E-state index in [1.165, 1.54) is 11.1 Å². The van der Waals surface area contributed by atoms with Gasteiger partial charge < -0.3 is 5.32 Å². The molecular weight excluding hydrogens is 258 g/mol. The van der Waals surface area contributed by atoms with Crippen LogP contribution < -0.4 is 5.32 Å². The average molecular weight is 278 g/mol. The highest BCUT2D eigenvalue weighted by atomic mass is 35.5. The second-order valence-electron chi connectivity index (χ2n) is 4.84. The van der Waals surface area contributed by atoms with E-state index in [1.54, 1.807) is 0 Å². The predicted molar refractivity (Wildman–Crippen MR) is 80.8 cm³/mol. The van der Waals surface area contributed by atoms with Crippen molar-refractivity contribution in [1.82, 2.24) is 9.78 Å². The third-order valence-electron chi connectivity index (χ3n) is 3.47. The van der Waals surface area contributed by atoms with Gasteiger partial charge in [-0.2, -0.15) is 5.10 Å². The molecule has 102 valence electrons. The zero-order chi connectivity index (χ0) is 14.0. The molecule has 0 saturated heterocycles. The number of halogens is 1. The van der Waals surface area contributed by atoms with E-state index in [0.29, 0.717) is 6.54 Å². The Morgan fingerprint density at radius 3 is 2.58 bits per heavy atom. The lowest BCUT2D eigenvalue weighted by Crippen LogP contribution is -2.06. The van der Waals surface area contributed by atoms with Crippen LogP contribution in [0.3, 0.4) is 0 Å². The van der Waals surface area contributed by atoms with Gasteiger partial charge in [0.15, 0.2) is 0 Å². The number of nitrogens with zero attached hydrogens (tertiary/aromatic N) is 2. The van der Waals surface area contributed by atoms with Crippen LogP contribution in [0.4, 0.5) is 5.69 Å². The van der Waals surface area contributed by atoms with Crippen molar-refractivity contribution < 1.29 is 0 Å². The first-order chi connectivity index (χ1) is 9.02. The van der Waals surface area contributed by atoms with Crippen LogP contribution in [0.5, 0.6) is 0 Å². The highest BCUT2D eigenvalue weighted by Gasteiger charge is 2.12. The first-order valence-corrected chi connectivity index (χ1v) is 6.92. The monoisotopic (exact) mass is 277 g/mol. The molecule has 0 aliphatic carbocycles. The highest BCUT2D eigenvalue weighted by Crippen LogP contribution is 2.22. The van der Waals surface area contributed by atoms with Gasteiger partial charge in [0, 0.05) is 12.7 Å². The molecule has 0 spiro atoms. The summed E-state index contributed by atoms with van der Waals surface area (Å²) in [5.74, 6) is 0. The Balaban J connectivity index is 2.14. The molecule has 2 aromatic rings. The van der Waals surface area contributed by atoms with E-state index < -0.39 is 0 Å². The van der Waals surface area contributed by atoms with Gasteiger partial charge in [0.1, 0.15) is 0 Å². The van der Waals surface area contributed by atoms with Crippen LogP contribution in [0.1, 0.15) is 29.4 Å². The lowest BCUT2D eigenvalue weighted by atomic mass is 10.1. The number of anilines is 1. The van der Waals surface area contributed by atoms with Crippen LogP contribution in [0.2, 0.25) is 5.02 Å². The van der Waals surface area contributed by atoms with Gasteiger partial charge in [0.2, 0.25) is 0 Å². The van der Waals surface area contributed by atoms with Crippen LogP contribution in [0.25, 0.3) is 0 Å². The number of aromatic nitrogens is 2. The first kappa shape index (κ1) is 13.9. The van der Waals surface area contributed by atoms with Crippen molar-refractivity contribution >= 4 is 17.3 Å². The summed E-state index contributed by atoms with van der Waals surface area (Å²) in [7, 11) is 1.93. The fourth-order valence-electron chi connectivity index (χ4n) is 2.05. The zero-order valence-electron chi connectivity index (χ0n) is 11.9. The Morgan fingerprint density at radius 1 is 1.26 bits per heavy atom. The van der Waals surface area contributed by atoms with Crippen molar-refractivity contribution in [1.29, 1.82) is 0 Å². The lowest BCUT2D eigenvalue weighted by molar-refractivity contribution is 0.707. The molecule has 1 N–H and O–H groups in total. The third-order valence-corrected chi connectivity index (χ3v) is 3.91. The Kier molecular flexibility index (Phi) is 4.15. The van der Waals surface area contributed by atoms with Gasteiger partial charge in [-0.25, -0.2) is 0 Å². The second kappa shape index (κ2) is 5.66. The Hall–Kier alpha value is -1.48. The highest BCUT2D eigenvalue weighted by molar-refractivity contribution is 6.31. The van der Waals surface area contributed by atoms with Crippen LogP contribution in [0, 0.1) is 13.8 Å². The van der Waals surface area contributed by atoms with E-state index in [1.807, 2.05) is 11.7 Å². The zero-order valence-corrected chi connectivity index (χ0v) is 12.7. The van der Waals surface area contributed by atoms with Gasteiger partial charge in [0.25, 0.3) is 0 Å². The molecule has 0 aliphatic rings. The summed E-state index contributed by atoms with van der Waals surface area (Å²) in [6, 6.07) is 6.37. The number of benzene rings is 1. The third kappa shape index (κ3) is 2.92. The van der Waals surface area contributed by atoms with Crippen molar-refractivity contribution in [2.75, 3.05) is 5.32 Å². The summed E-state index contributed by atoms with van der Waals surface area (Å²) < 4.78 is 1.86. The van der Waals surface area contributed by atoms with Crippen molar-refractivity contribution in [3.8, 4) is 0 Å². The van der Waals surface area contributed by atoms with Gasteiger partial charge in [0.05, 0.1) is 23.0 Å². The molecular formula is C15H20ClN3. The molecule has 19 heavy (non-hydrogen) atoms. The van der Waals surface area contributed by atoms with Crippen molar-refractivity contribution in [3.05, 3.63) is 45.7 Å². The van der Waals surface area contributed by atoms with E-state index in [2.05, 4.69) is 49.4 Å². The molecule has 4 heteroatoms. The summed E-state index contributed by atoms with van der Waals surface area (Å²) in [4.78, 5) is 0. The predicted octanol–water partition coefficient (Wildman–Crippen LogP) is 3.86. The summed E-state index contributed by atoms with van der Waals surface area (Å²) in [5, 5.41) is 8.60. The fourth-order valence-corrected chi connectivity index (χ4v) is 2.41. The molecule has 0 aliphatic heterocycles.